The van der Waals surface area contributed by atoms with Crippen molar-refractivity contribution in [3.8, 4) is 0 Å². The van der Waals surface area contributed by atoms with Gasteiger partial charge in [-0.15, -0.1) is 0 Å². The van der Waals surface area contributed by atoms with Gasteiger partial charge in [0.1, 0.15) is 0 Å². The molecule has 3 aromatic carbocycles. The predicted molar refractivity (Wildman–Crippen MR) is 116 cm³/mol. The van der Waals surface area contributed by atoms with Crippen molar-refractivity contribution in [3.63, 3.8) is 0 Å². The first-order valence-corrected chi connectivity index (χ1v) is 10.4. The highest BCUT2D eigenvalue weighted by Crippen LogP contribution is 2.49. The lowest BCUT2D eigenvalue weighted by Gasteiger charge is -2.41. The molecule has 2 aliphatic rings. The number of anilines is 1. The van der Waals surface area contributed by atoms with E-state index in [0.717, 1.165) is 36.9 Å². The van der Waals surface area contributed by atoms with Crippen LogP contribution in [0.5, 0.6) is 0 Å². The van der Waals surface area contributed by atoms with Crippen LogP contribution in [-0.2, 0) is 4.79 Å². The zero-order valence-electron chi connectivity index (χ0n) is 16.6. The van der Waals surface area contributed by atoms with Gasteiger partial charge in [-0.25, -0.2) is 0 Å². The molecule has 0 radical (unpaired) electrons. The summed E-state index contributed by atoms with van der Waals surface area (Å²) in [5.74, 6) is 0.458. The number of carbonyl (C=O) groups is 1. The number of carbonyl (C=O) groups excluding carboxylic acids is 1. The summed E-state index contributed by atoms with van der Waals surface area (Å²) in [6.45, 7) is 1.42. The first-order valence-electron chi connectivity index (χ1n) is 10.4. The van der Waals surface area contributed by atoms with Crippen molar-refractivity contribution >= 4 is 28.1 Å². The monoisotopic (exact) mass is 401 g/mol. The molecule has 1 saturated heterocycles. The zero-order valence-corrected chi connectivity index (χ0v) is 16.6. The largest absolute Gasteiger partial charge is 0.282 e. The highest BCUT2D eigenvalue weighted by Gasteiger charge is 2.47. The van der Waals surface area contributed by atoms with E-state index < -0.39 is 0 Å². The lowest BCUT2D eigenvalue weighted by atomic mass is 10.1. The van der Waals surface area contributed by atoms with Gasteiger partial charge in [0.05, 0.1) is 16.0 Å². The number of nitro groups is 1. The molecule has 5 rings (SSSR count). The van der Waals surface area contributed by atoms with Gasteiger partial charge < -0.3 is 0 Å². The lowest BCUT2D eigenvalue weighted by molar-refractivity contribution is -0.383. The van der Waals surface area contributed by atoms with E-state index >= 15 is 0 Å². The van der Waals surface area contributed by atoms with Gasteiger partial charge in [0, 0.05) is 30.5 Å². The maximum absolute atomic E-state index is 13.4. The number of benzene rings is 3. The van der Waals surface area contributed by atoms with Crippen LogP contribution in [0.25, 0.3) is 10.8 Å². The van der Waals surface area contributed by atoms with Gasteiger partial charge in [0.25, 0.3) is 5.69 Å². The van der Waals surface area contributed by atoms with Crippen LogP contribution in [0.1, 0.15) is 30.7 Å². The van der Waals surface area contributed by atoms with Crippen molar-refractivity contribution in [3.05, 3.63) is 82.4 Å². The van der Waals surface area contributed by atoms with E-state index in [1.54, 1.807) is 18.2 Å². The molecule has 6 heteroatoms. The highest BCUT2D eigenvalue weighted by molar-refractivity contribution is 6.00. The third-order valence-corrected chi connectivity index (χ3v) is 6.22. The Balaban J connectivity index is 1.47. The zero-order chi connectivity index (χ0) is 20.7. The number of fused-ring (bicyclic) bond motifs is 1. The molecule has 1 amide bonds. The molecule has 0 N–H and O–H groups in total. The molecule has 0 unspecified atom stereocenters. The smallest absolute Gasteiger partial charge is 0.277 e. The fraction of sp³-hybridized carbons (Fsp3) is 0.292. The van der Waals surface area contributed by atoms with Crippen LogP contribution in [0.3, 0.4) is 0 Å². The van der Waals surface area contributed by atoms with Crippen molar-refractivity contribution in [1.82, 2.24) is 5.01 Å². The number of hydrogen-bond donors (Lipinski definition) is 0. The quantitative estimate of drug-likeness (QED) is 0.461. The van der Waals surface area contributed by atoms with Gasteiger partial charge in [-0.05, 0) is 42.9 Å². The molecular formula is C24H23N3O3. The molecular weight excluding hydrogens is 378 g/mol. The molecule has 0 spiro atoms. The van der Waals surface area contributed by atoms with Gasteiger partial charge in [0.2, 0.25) is 5.91 Å². The SMILES string of the molecule is O=C([C@H]1C[C@@H]1c1ccccc1)N1CCCCN1c1ccc([N+](=O)[O-])c2ccccc12. The molecule has 1 aliphatic heterocycles. The maximum Gasteiger partial charge on any atom is 0.277 e. The summed E-state index contributed by atoms with van der Waals surface area (Å²) < 4.78 is 0. The van der Waals surface area contributed by atoms with E-state index in [9.17, 15) is 14.9 Å². The minimum absolute atomic E-state index is 0.0114. The average molecular weight is 401 g/mol. The van der Waals surface area contributed by atoms with Gasteiger partial charge in [-0.3, -0.25) is 24.9 Å². The van der Waals surface area contributed by atoms with Crippen LogP contribution in [0, 0.1) is 16.0 Å². The minimum atomic E-state index is -0.347. The Morgan fingerprint density at radius 2 is 1.60 bits per heavy atom. The number of rotatable bonds is 4. The summed E-state index contributed by atoms with van der Waals surface area (Å²) in [5, 5.41) is 16.8. The molecule has 2 atom stereocenters. The Morgan fingerprint density at radius 1 is 0.900 bits per heavy atom. The highest BCUT2D eigenvalue weighted by atomic mass is 16.6. The molecule has 152 valence electrons. The van der Waals surface area contributed by atoms with Crippen LogP contribution in [-0.4, -0.2) is 28.9 Å². The second-order valence-electron chi connectivity index (χ2n) is 8.06. The summed E-state index contributed by atoms with van der Waals surface area (Å²) in [7, 11) is 0. The first kappa shape index (κ1) is 18.6. The molecule has 1 aliphatic carbocycles. The average Bonchev–Trinajstić information content (AvgIpc) is 3.59. The number of nitro benzene ring substituents is 1. The topological polar surface area (TPSA) is 66.7 Å². The van der Waals surface area contributed by atoms with Crippen LogP contribution in [0.15, 0.2) is 66.7 Å². The van der Waals surface area contributed by atoms with Crippen LogP contribution >= 0.6 is 0 Å². The molecule has 6 nitrogen and oxygen atoms in total. The molecule has 0 aromatic heterocycles. The Kier molecular flexibility index (Phi) is 4.62. The maximum atomic E-state index is 13.4. The molecule has 1 heterocycles. The van der Waals surface area contributed by atoms with E-state index in [-0.39, 0.29) is 28.4 Å². The number of hydrazine groups is 1. The molecule has 30 heavy (non-hydrogen) atoms. The van der Waals surface area contributed by atoms with Gasteiger partial charge in [-0.2, -0.15) is 0 Å². The van der Waals surface area contributed by atoms with Crippen molar-refractivity contribution in [2.24, 2.45) is 5.92 Å². The summed E-state index contributed by atoms with van der Waals surface area (Å²) in [5.41, 5.74) is 2.18. The molecule has 0 bridgehead atoms. The lowest BCUT2D eigenvalue weighted by Crippen LogP contribution is -2.51. The Morgan fingerprint density at radius 3 is 2.37 bits per heavy atom. The summed E-state index contributed by atoms with van der Waals surface area (Å²) >= 11 is 0. The molecule has 1 saturated carbocycles. The fourth-order valence-corrected chi connectivity index (χ4v) is 4.62. The molecule has 2 fully saturated rings. The van der Waals surface area contributed by atoms with Crippen molar-refractivity contribution in [1.29, 1.82) is 0 Å². The van der Waals surface area contributed by atoms with Gasteiger partial charge >= 0.3 is 0 Å². The molecule has 3 aromatic rings. The van der Waals surface area contributed by atoms with E-state index in [4.69, 9.17) is 0 Å². The standard InChI is InChI=1S/C24H23N3O3/c28-24(21-16-20(21)17-8-2-1-3-9-17)26-15-7-6-14-25(26)22-12-13-23(27(29)30)19-11-5-4-10-18(19)22/h1-5,8-13,20-21H,6-7,14-16H2/t20-,21+/m1/s1. The van der Waals surface area contributed by atoms with Crippen LogP contribution in [0.4, 0.5) is 11.4 Å². The normalized spacial score (nSPS) is 20.9. The summed E-state index contributed by atoms with van der Waals surface area (Å²) in [6, 6.07) is 20.9. The van der Waals surface area contributed by atoms with Crippen LogP contribution < -0.4 is 5.01 Å². The van der Waals surface area contributed by atoms with Crippen molar-refractivity contribution in [2.45, 2.75) is 25.2 Å². The second kappa shape index (κ2) is 7.44. The Labute approximate surface area is 174 Å². The third kappa shape index (κ3) is 3.18. The van der Waals surface area contributed by atoms with Crippen LogP contribution in [0.2, 0.25) is 0 Å². The minimum Gasteiger partial charge on any atom is -0.282 e. The number of non-ortho nitro benzene ring substituents is 1. The van der Waals surface area contributed by atoms with Crippen molar-refractivity contribution < 1.29 is 9.72 Å². The second-order valence-corrected chi connectivity index (χ2v) is 8.06. The van der Waals surface area contributed by atoms with Gasteiger partial charge in [0.15, 0.2) is 0 Å². The van der Waals surface area contributed by atoms with E-state index in [2.05, 4.69) is 12.1 Å². The number of hydrogen-bond acceptors (Lipinski definition) is 4. The van der Waals surface area contributed by atoms with E-state index in [1.807, 2.05) is 46.4 Å². The first-order chi connectivity index (χ1) is 14.6. The van der Waals surface area contributed by atoms with Crippen molar-refractivity contribution in [2.75, 3.05) is 18.1 Å². The number of amides is 1. The Bertz CT molecular complexity index is 1120. The Hall–Kier alpha value is -3.41. The van der Waals surface area contributed by atoms with Gasteiger partial charge in [-0.1, -0.05) is 48.5 Å². The van der Waals surface area contributed by atoms with E-state index in [0.29, 0.717) is 11.9 Å². The fourth-order valence-electron chi connectivity index (χ4n) is 4.62. The predicted octanol–water partition coefficient (Wildman–Crippen LogP) is 4.90. The van der Waals surface area contributed by atoms with E-state index in [1.165, 1.54) is 5.56 Å². The number of nitrogens with zero attached hydrogens (tertiary/aromatic N) is 3. The third-order valence-electron chi connectivity index (χ3n) is 6.22. The summed E-state index contributed by atoms with van der Waals surface area (Å²) in [4.78, 5) is 24.5. The summed E-state index contributed by atoms with van der Waals surface area (Å²) in [6.07, 6.45) is 2.84.